The zero-order chi connectivity index (χ0) is 22.0. The number of amides is 3. The molecule has 1 atom stereocenters. The maximum Gasteiger partial charge on any atom is 0.258 e. The van der Waals surface area contributed by atoms with E-state index in [0.29, 0.717) is 17.3 Å². The van der Waals surface area contributed by atoms with Crippen LogP contribution in [0.3, 0.4) is 0 Å². The van der Waals surface area contributed by atoms with Gasteiger partial charge in [-0.15, -0.1) is 0 Å². The van der Waals surface area contributed by atoms with Crippen molar-refractivity contribution in [3.05, 3.63) is 40.2 Å². The lowest BCUT2D eigenvalue weighted by molar-refractivity contribution is -0.123. The number of hydrogen-bond donors (Lipinski definition) is 4. The fourth-order valence-corrected chi connectivity index (χ4v) is 3.91. The molecular formula is C21H24N6O4. The minimum absolute atomic E-state index is 0.140. The first kappa shape index (κ1) is 20.6. The first-order valence-electron chi connectivity index (χ1n) is 10.3. The van der Waals surface area contributed by atoms with Crippen LogP contribution in [0.4, 0.5) is 23.1 Å². The lowest BCUT2D eigenvalue weighted by Gasteiger charge is -2.29. The monoisotopic (exact) mass is 424 g/mol. The molecule has 2 aliphatic heterocycles. The molecule has 0 aliphatic carbocycles. The summed E-state index contributed by atoms with van der Waals surface area (Å²) in [5, 5.41) is 8.02. The third-order valence-electron chi connectivity index (χ3n) is 5.38. The molecule has 4 rings (SSSR count). The molecule has 1 fully saturated rings. The lowest BCUT2D eigenvalue weighted by Crippen LogP contribution is -2.38. The van der Waals surface area contributed by atoms with Gasteiger partial charge in [0, 0.05) is 37.8 Å². The van der Waals surface area contributed by atoms with Crippen molar-refractivity contribution in [2.24, 2.45) is 0 Å². The molecule has 0 saturated carbocycles. The van der Waals surface area contributed by atoms with E-state index in [1.54, 1.807) is 24.3 Å². The Morgan fingerprint density at radius 3 is 2.32 bits per heavy atom. The molecule has 4 N–H and O–H groups in total. The Kier molecular flexibility index (Phi) is 5.70. The fourth-order valence-electron chi connectivity index (χ4n) is 3.91. The van der Waals surface area contributed by atoms with Gasteiger partial charge in [0.1, 0.15) is 5.82 Å². The van der Waals surface area contributed by atoms with Crippen molar-refractivity contribution < 1.29 is 14.4 Å². The third-order valence-corrected chi connectivity index (χ3v) is 5.38. The molecule has 1 saturated heterocycles. The predicted molar refractivity (Wildman–Crippen MR) is 116 cm³/mol. The van der Waals surface area contributed by atoms with Gasteiger partial charge in [0.15, 0.2) is 0 Å². The Hall–Kier alpha value is -3.69. The van der Waals surface area contributed by atoms with E-state index in [0.717, 1.165) is 32.4 Å². The molecule has 1 unspecified atom stereocenters. The molecule has 162 valence electrons. The summed E-state index contributed by atoms with van der Waals surface area (Å²) in [7, 11) is 0. The van der Waals surface area contributed by atoms with Crippen LogP contribution in [-0.4, -0.2) is 40.8 Å². The quantitative estimate of drug-likeness (QED) is 0.591. The van der Waals surface area contributed by atoms with Crippen molar-refractivity contribution in [1.29, 1.82) is 0 Å². The summed E-state index contributed by atoms with van der Waals surface area (Å²) < 4.78 is 0. The minimum Gasteiger partial charge on any atom is -0.342 e. The maximum atomic E-state index is 12.9. The molecular weight excluding hydrogens is 400 g/mol. The highest BCUT2D eigenvalue weighted by molar-refractivity contribution is 6.04. The Bertz CT molecular complexity index is 1070. The van der Waals surface area contributed by atoms with Gasteiger partial charge in [-0.25, -0.2) is 0 Å². The first-order chi connectivity index (χ1) is 14.9. The van der Waals surface area contributed by atoms with Crippen LogP contribution in [-0.2, 0) is 14.4 Å². The maximum absolute atomic E-state index is 12.9. The summed E-state index contributed by atoms with van der Waals surface area (Å²) in [6.45, 7) is 2.98. The molecule has 1 aromatic carbocycles. The zero-order valence-corrected chi connectivity index (χ0v) is 17.2. The van der Waals surface area contributed by atoms with E-state index in [9.17, 15) is 19.2 Å². The van der Waals surface area contributed by atoms with Crippen LogP contribution < -0.4 is 26.4 Å². The van der Waals surface area contributed by atoms with E-state index in [-0.39, 0.29) is 29.6 Å². The Morgan fingerprint density at radius 2 is 1.68 bits per heavy atom. The van der Waals surface area contributed by atoms with Crippen LogP contribution in [0.25, 0.3) is 0 Å². The number of anilines is 4. The topological polar surface area (TPSA) is 136 Å². The molecule has 31 heavy (non-hydrogen) atoms. The van der Waals surface area contributed by atoms with E-state index in [4.69, 9.17) is 0 Å². The summed E-state index contributed by atoms with van der Waals surface area (Å²) in [5.41, 5.74) is 0.819. The van der Waals surface area contributed by atoms with Gasteiger partial charge in [-0.05, 0) is 43.5 Å². The Balaban J connectivity index is 1.57. The number of fused-ring (bicyclic) bond motifs is 1. The number of benzene rings is 1. The second-order valence-electron chi connectivity index (χ2n) is 7.75. The molecule has 2 aliphatic rings. The molecule has 0 spiro atoms. The number of nitrogens with one attached hydrogen (secondary N) is 4. The van der Waals surface area contributed by atoms with E-state index in [1.165, 1.54) is 6.92 Å². The van der Waals surface area contributed by atoms with Crippen LogP contribution in [0.1, 0.15) is 44.1 Å². The first-order valence-corrected chi connectivity index (χ1v) is 10.3. The van der Waals surface area contributed by atoms with Crippen molar-refractivity contribution in [3.63, 3.8) is 0 Å². The highest BCUT2D eigenvalue weighted by atomic mass is 16.2. The number of aromatic amines is 1. The van der Waals surface area contributed by atoms with Gasteiger partial charge in [0.05, 0.1) is 11.5 Å². The molecule has 3 amide bonds. The fraction of sp³-hybridized carbons (Fsp3) is 0.381. The molecule has 2 aromatic rings. The number of piperidine rings is 1. The third kappa shape index (κ3) is 4.57. The van der Waals surface area contributed by atoms with Crippen molar-refractivity contribution in [1.82, 2.24) is 9.97 Å². The van der Waals surface area contributed by atoms with Crippen LogP contribution in [0.2, 0.25) is 0 Å². The van der Waals surface area contributed by atoms with Gasteiger partial charge >= 0.3 is 0 Å². The van der Waals surface area contributed by atoms with Gasteiger partial charge in [0.25, 0.3) is 5.56 Å². The smallest absolute Gasteiger partial charge is 0.258 e. The minimum atomic E-state index is -0.953. The van der Waals surface area contributed by atoms with Gasteiger partial charge in [-0.3, -0.25) is 24.2 Å². The Morgan fingerprint density at radius 1 is 1.03 bits per heavy atom. The van der Waals surface area contributed by atoms with Gasteiger partial charge in [0.2, 0.25) is 23.7 Å². The summed E-state index contributed by atoms with van der Waals surface area (Å²) in [5.74, 6) is -1.43. The Labute approximate surface area is 178 Å². The molecule has 1 aromatic heterocycles. The average Bonchev–Trinajstić information content (AvgIpc) is 2.74. The van der Waals surface area contributed by atoms with E-state index in [2.05, 4.69) is 25.9 Å². The number of aromatic nitrogens is 2. The SMILES string of the molecule is CC(=O)Nc1ccc(NC(=O)C2CC(=O)Nc3nc(N4CCCCC4)[nH]c(=O)c32)cc1. The largest absolute Gasteiger partial charge is 0.342 e. The number of nitrogens with zero attached hydrogens (tertiary/aromatic N) is 2. The lowest BCUT2D eigenvalue weighted by atomic mass is 9.92. The van der Waals surface area contributed by atoms with Gasteiger partial charge in [-0.2, -0.15) is 4.98 Å². The number of hydrogen-bond acceptors (Lipinski definition) is 6. The highest BCUT2D eigenvalue weighted by Crippen LogP contribution is 2.30. The van der Waals surface area contributed by atoms with E-state index < -0.39 is 17.4 Å². The summed E-state index contributed by atoms with van der Waals surface area (Å²) in [6.07, 6.45) is 3.02. The average molecular weight is 424 g/mol. The van der Waals surface area contributed by atoms with Crippen LogP contribution >= 0.6 is 0 Å². The van der Waals surface area contributed by atoms with Crippen molar-refractivity contribution in [3.8, 4) is 0 Å². The molecule has 10 heteroatoms. The molecule has 0 bridgehead atoms. The van der Waals surface area contributed by atoms with Gasteiger partial charge in [-0.1, -0.05) is 0 Å². The van der Waals surface area contributed by atoms with Gasteiger partial charge < -0.3 is 20.9 Å². The van der Waals surface area contributed by atoms with Crippen LogP contribution in [0.15, 0.2) is 29.1 Å². The van der Waals surface area contributed by atoms with Crippen molar-refractivity contribution >= 4 is 40.9 Å². The molecule has 3 heterocycles. The zero-order valence-electron chi connectivity index (χ0n) is 17.2. The second kappa shape index (κ2) is 8.58. The summed E-state index contributed by atoms with van der Waals surface area (Å²) >= 11 is 0. The number of carbonyl (C=O) groups is 3. The molecule has 10 nitrogen and oxygen atoms in total. The number of rotatable bonds is 4. The van der Waals surface area contributed by atoms with Crippen LogP contribution in [0, 0.1) is 0 Å². The van der Waals surface area contributed by atoms with Crippen molar-refractivity contribution in [2.75, 3.05) is 33.9 Å². The summed E-state index contributed by atoms with van der Waals surface area (Å²) in [4.78, 5) is 58.4. The number of H-pyrrole nitrogens is 1. The normalized spacial score (nSPS) is 18.0. The number of carbonyl (C=O) groups excluding carboxylic acids is 3. The standard InChI is InChI=1S/C21H24N6O4/c1-12(28)22-13-5-7-14(8-6-13)23-19(30)15-11-16(29)24-18-17(15)20(31)26-21(25-18)27-9-3-2-4-10-27/h5-8,15H,2-4,9-11H2,1H3,(H,22,28)(H,23,30)(H2,24,25,26,29,31). The predicted octanol–water partition coefficient (Wildman–Crippen LogP) is 1.78. The van der Waals surface area contributed by atoms with Crippen molar-refractivity contribution in [2.45, 2.75) is 38.5 Å². The second-order valence-corrected chi connectivity index (χ2v) is 7.75. The van der Waals surface area contributed by atoms with E-state index >= 15 is 0 Å². The van der Waals surface area contributed by atoms with Crippen LogP contribution in [0.5, 0.6) is 0 Å². The molecule has 0 radical (unpaired) electrons. The van der Waals surface area contributed by atoms with E-state index in [1.807, 2.05) is 4.90 Å². The highest BCUT2D eigenvalue weighted by Gasteiger charge is 2.35. The summed E-state index contributed by atoms with van der Waals surface area (Å²) in [6, 6.07) is 6.57.